The topological polar surface area (TPSA) is 24.5 Å². The molecule has 0 heterocycles. The fraction of sp³-hybridized carbons (Fsp3) is 0.600. The van der Waals surface area contributed by atoms with E-state index >= 15 is 0 Å². The minimum absolute atomic E-state index is 0.271. The van der Waals surface area contributed by atoms with Crippen LogP contribution in [0.1, 0.15) is 26.3 Å². The molecule has 0 fully saturated rings. The molecule has 0 amide bonds. The Bertz CT molecular complexity index is 380. The maximum absolute atomic E-state index is 13.9. The number of ether oxygens (including phenoxy) is 1. The quantitative estimate of drug-likeness (QED) is 0.784. The summed E-state index contributed by atoms with van der Waals surface area (Å²) in [5, 5.41) is 3.35. The van der Waals surface area contributed by atoms with Crippen LogP contribution in [0.3, 0.4) is 0 Å². The molecule has 0 saturated carbocycles. The molecule has 0 aromatic heterocycles. The summed E-state index contributed by atoms with van der Waals surface area (Å²) in [6.07, 6.45) is 0. The van der Waals surface area contributed by atoms with Crippen LogP contribution < -0.4 is 10.1 Å². The molecule has 1 atom stereocenters. The number of nitrogens with zero attached hydrogens (tertiary/aromatic N) is 1. The average Bonchev–Trinajstić information content (AvgIpc) is 2.43. The summed E-state index contributed by atoms with van der Waals surface area (Å²) < 4.78 is 18.9. The lowest BCUT2D eigenvalue weighted by atomic mass is 10.2. The van der Waals surface area contributed by atoms with E-state index in [-0.39, 0.29) is 5.82 Å². The van der Waals surface area contributed by atoms with Crippen molar-refractivity contribution in [3.63, 3.8) is 0 Å². The van der Waals surface area contributed by atoms with Gasteiger partial charge in [0.05, 0.1) is 7.11 Å². The van der Waals surface area contributed by atoms with Gasteiger partial charge < -0.3 is 15.0 Å². The second-order valence-electron chi connectivity index (χ2n) is 4.70. The van der Waals surface area contributed by atoms with Gasteiger partial charge in [-0.1, -0.05) is 26.0 Å². The minimum Gasteiger partial charge on any atom is -0.494 e. The number of likely N-dealkylation sites (N-methyl/N-ethyl adjacent to an activating group) is 1. The molecule has 1 aromatic carbocycles. The molecule has 0 aliphatic carbocycles. The van der Waals surface area contributed by atoms with Crippen LogP contribution in [0.4, 0.5) is 4.39 Å². The number of benzene rings is 1. The lowest BCUT2D eigenvalue weighted by Crippen LogP contribution is -2.38. The molecular formula is C15H25FN2O. The Hall–Kier alpha value is -1.13. The number of rotatable bonds is 8. The van der Waals surface area contributed by atoms with Gasteiger partial charge in [-0.2, -0.15) is 0 Å². The molecular weight excluding hydrogens is 243 g/mol. The lowest BCUT2D eigenvalue weighted by molar-refractivity contribution is 0.270. The van der Waals surface area contributed by atoms with E-state index < -0.39 is 0 Å². The minimum atomic E-state index is -0.271. The summed E-state index contributed by atoms with van der Waals surface area (Å²) in [4.78, 5) is 2.35. The summed E-state index contributed by atoms with van der Waals surface area (Å²) in [6, 6.07) is 5.56. The van der Waals surface area contributed by atoms with Gasteiger partial charge >= 0.3 is 0 Å². The highest BCUT2D eigenvalue weighted by molar-refractivity contribution is 5.30. The molecule has 1 unspecified atom stereocenters. The second-order valence-corrected chi connectivity index (χ2v) is 4.70. The predicted molar refractivity (Wildman–Crippen MR) is 77.0 cm³/mol. The number of halogens is 1. The van der Waals surface area contributed by atoms with Crippen molar-refractivity contribution in [2.75, 3.05) is 26.7 Å². The highest BCUT2D eigenvalue weighted by Gasteiger charge is 2.10. The Morgan fingerprint density at radius 3 is 2.58 bits per heavy atom. The van der Waals surface area contributed by atoms with Crippen LogP contribution in [-0.4, -0.2) is 37.7 Å². The van der Waals surface area contributed by atoms with E-state index in [0.717, 1.165) is 19.6 Å². The van der Waals surface area contributed by atoms with Crippen LogP contribution in [0.25, 0.3) is 0 Å². The monoisotopic (exact) mass is 268 g/mol. The fourth-order valence-electron chi connectivity index (χ4n) is 2.07. The van der Waals surface area contributed by atoms with Gasteiger partial charge in [-0.15, -0.1) is 0 Å². The van der Waals surface area contributed by atoms with E-state index in [2.05, 4.69) is 31.0 Å². The molecule has 1 rings (SSSR count). The number of hydrogen-bond acceptors (Lipinski definition) is 3. The molecule has 0 radical (unpaired) electrons. The molecule has 19 heavy (non-hydrogen) atoms. The van der Waals surface area contributed by atoms with E-state index in [1.165, 1.54) is 7.11 Å². The van der Waals surface area contributed by atoms with Gasteiger partial charge in [0.25, 0.3) is 0 Å². The Kier molecular flexibility index (Phi) is 6.81. The molecule has 0 aliphatic rings. The molecule has 0 saturated heterocycles. The fourth-order valence-corrected chi connectivity index (χ4v) is 2.07. The zero-order chi connectivity index (χ0) is 14.3. The first-order valence-electron chi connectivity index (χ1n) is 6.89. The van der Waals surface area contributed by atoms with Gasteiger partial charge in [0.1, 0.15) is 0 Å². The summed E-state index contributed by atoms with van der Waals surface area (Å²) in [5.41, 5.74) is 0.644. The van der Waals surface area contributed by atoms with Gasteiger partial charge in [0.15, 0.2) is 11.6 Å². The van der Waals surface area contributed by atoms with Crippen LogP contribution in [0, 0.1) is 5.82 Å². The maximum Gasteiger partial charge on any atom is 0.169 e. The summed E-state index contributed by atoms with van der Waals surface area (Å²) in [5.74, 6) is 0.0308. The standard InChI is InChI=1S/C15H25FN2O/c1-5-18(6-2)11-12(3)17-10-13-8-7-9-14(19-4)15(13)16/h7-9,12,17H,5-6,10-11H2,1-4H3. The van der Waals surface area contributed by atoms with Crippen molar-refractivity contribution >= 4 is 0 Å². The van der Waals surface area contributed by atoms with E-state index in [0.29, 0.717) is 23.9 Å². The molecule has 0 spiro atoms. The van der Waals surface area contributed by atoms with Crippen molar-refractivity contribution in [2.45, 2.75) is 33.4 Å². The van der Waals surface area contributed by atoms with Crippen molar-refractivity contribution in [3.8, 4) is 5.75 Å². The number of nitrogens with one attached hydrogen (secondary N) is 1. The summed E-state index contributed by atoms with van der Waals surface area (Å²) >= 11 is 0. The van der Waals surface area contributed by atoms with Crippen LogP contribution >= 0.6 is 0 Å². The molecule has 0 bridgehead atoms. The first-order chi connectivity index (χ1) is 9.12. The zero-order valence-electron chi connectivity index (χ0n) is 12.4. The van der Waals surface area contributed by atoms with Crippen molar-refractivity contribution in [2.24, 2.45) is 0 Å². The van der Waals surface area contributed by atoms with E-state index in [1.807, 2.05) is 6.07 Å². The predicted octanol–water partition coefficient (Wildman–Crippen LogP) is 2.65. The van der Waals surface area contributed by atoms with Gasteiger partial charge in [-0.25, -0.2) is 4.39 Å². The van der Waals surface area contributed by atoms with Gasteiger partial charge in [0.2, 0.25) is 0 Å². The van der Waals surface area contributed by atoms with E-state index in [9.17, 15) is 4.39 Å². The van der Waals surface area contributed by atoms with Crippen molar-refractivity contribution < 1.29 is 9.13 Å². The largest absolute Gasteiger partial charge is 0.494 e. The highest BCUT2D eigenvalue weighted by Crippen LogP contribution is 2.19. The highest BCUT2D eigenvalue weighted by atomic mass is 19.1. The molecule has 3 nitrogen and oxygen atoms in total. The van der Waals surface area contributed by atoms with Gasteiger partial charge in [-0.05, 0) is 26.1 Å². The zero-order valence-corrected chi connectivity index (χ0v) is 12.4. The molecule has 0 aliphatic heterocycles. The third-order valence-corrected chi connectivity index (χ3v) is 3.33. The third-order valence-electron chi connectivity index (χ3n) is 3.33. The van der Waals surface area contributed by atoms with E-state index in [4.69, 9.17) is 4.74 Å². The molecule has 1 N–H and O–H groups in total. The number of hydrogen-bond donors (Lipinski definition) is 1. The first-order valence-corrected chi connectivity index (χ1v) is 6.89. The smallest absolute Gasteiger partial charge is 0.169 e. The van der Waals surface area contributed by atoms with E-state index in [1.54, 1.807) is 12.1 Å². The second kappa shape index (κ2) is 8.12. The summed E-state index contributed by atoms with van der Waals surface area (Å²) in [6.45, 7) is 9.99. The first kappa shape index (κ1) is 15.9. The van der Waals surface area contributed by atoms with Crippen molar-refractivity contribution in [1.82, 2.24) is 10.2 Å². The van der Waals surface area contributed by atoms with Crippen LogP contribution in [0.5, 0.6) is 5.75 Å². The Morgan fingerprint density at radius 1 is 1.32 bits per heavy atom. The summed E-state index contributed by atoms with van der Waals surface area (Å²) in [7, 11) is 1.48. The van der Waals surface area contributed by atoms with Crippen LogP contribution in [-0.2, 0) is 6.54 Å². The third kappa shape index (κ3) is 4.80. The van der Waals surface area contributed by atoms with Crippen LogP contribution in [0.15, 0.2) is 18.2 Å². The van der Waals surface area contributed by atoms with Crippen molar-refractivity contribution in [3.05, 3.63) is 29.6 Å². The average molecular weight is 268 g/mol. The maximum atomic E-state index is 13.9. The van der Waals surface area contributed by atoms with Gasteiger partial charge in [-0.3, -0.25) is 0 Å². The van der Waals surface area contributed by atoms with Crippen LogP contribution in [0.2, 0.25) is 0 Å². The Balaban J connectivity index is 2.52. The normalized spacial score (nSPS) is 12.7. The molecule has 108 valence electrons. The van der Waals surface area contributed by atoms with Gasteiger partial charge in [0, 0.05) is 24.7 Å². The number of methoxy groups -OCH3 is 1. The molecule has 4 heteroatoms. The Morgan fingerprint density at radius 2 is 2.00 bits per heavy atom. The SMILES string of the molecule is CCN(CC)CC(C)NCc1cccc(OC)c1F. The van der Waals surface area contributed by atoms with Crippen molar-refractivity contribution in [1.29, 1.82) is 0 Å². The lowest BCUT2D eigenvalue weighted by Gasteiger charge is -2.23. The molecule has 1 aromatic rings. The Labute approximate surface area is 115 Å².